The molecule has 1 amide bonds. The topological polar surface area (TPSA) is 41.6 Å². The normalized spacial score (nSPS) is 30.7. The highest BCUT2D eigenvalue weighted by Gasteiger charge is 2.39. The van der Waals surface area contributed by atoms with Crippen LogP contribution in [0.5, 0.6) is 0 Å². The van der Waals surface area contributed by atoms with Crippen molar-refractivity contribution in [3.8, 4) is 0 Å². The molecule has 0 spiro atoms. The number of nitrogens with zero attached hydrogens (tertiary/aromatic N) is 1. The van der Waals surface area contributed by atoms with Gasteiger partial charge in [-0.1, -0.05) is 0 Å². The van der Waals surface area contributed by atoms with Crippen LogP contribution in [0.1, 0.15) is 26.7 Å². The number of hydrogen-bond donors (Lipinski definition) is 1. The van der Waals surface area contributed by atoms with Crippen molar-refractivity contribution in [3.05, 3.63) is 0 Å². The predicted octanol–water partition coefficient (Wildman–Crippen LogP) is 0.374. The summed E-state index contributed by atoms with van der Waals surface area (Å²) >= 11 is 0. The summed E-state index contributed by atoms with van der Waals surface area (Å²) in [5.41, 5.74) is -0.462. The molecule has 2 heterocycles. The van der Waals surface area contributed by atoms with E-state index in [9.17, 15) is 4.79 Å². The molecule has 4 heteroatoms. The third-order valence-electron chi connectivity index (χ3n) is 3.49. The lowest BCUT2D eigenvalue weighted by atomic mass is 10.0. The van der Waals surface area contributed by atoms with E-state index in [1.54, 1.807) is 0 Å². The molecule has 0 aromatic heterocycles. The van der Waals surface area contributed by atoms with E-state index < -0.39 is 5.54 Å². The number of carbonyl (C=O) groups is 1. The number of likely N-dealkylation sites (tertiary alicyclic amines) is 1. The van der Waals surface area contributed by atoms with Gasteiger partial charge in [-0.25, -0.2) is 0 Å². The second-order valence-corrected chi connectivity index (χ2v) is 5.04. The van der Waals surface area contributed by atoms with Gasteiger partial charge >= 0.3 is 0 Å². The molecule has 2 aliphatic heterocycles. The number of nitrogens with one attached hydrogen (secondary N) is 1. The van der Waals surface area contributed by atoms with Crippen molar-refractivity contribution in [1.82, 2.24) is 10.2 Å². The lowest BCUT2D eigenvalue weighted by Gasteiger charge is -2.37. The first kappa shape index (κ1) is 10.9. The standard InChI is InChI=1S/C11H20N2O2/c1-11(2,12-3)10(14)13-6-8-4-5-9(7-13)15-8/h8-9,12H,4-7H2,1-3H3. The fraction of sp³-hybridized carbons (Fsp3) is 0.909. The van der Waals surface area contributed by atoms with Crippen LogP contribution >= 0.6 is 0 Å². The molecule has 86 valence electrons. The molecular weight excluding hydrogens is 192 g/mol. The van der Waals surface area contributed by atoms with Gasteiger partial charge in [0, 0.05) is 13.1 Å². The number of carbonyl (C=O) groups excluding carboxylic acids is 1. The largest absolute Gasteiger partial charge is 0.371 e. The molecule has 0 saturated carbocycles. The second-order valence-electron chi connectivity index (χ2n) is 5.04. The number of fused-ring (bicyclic) bond motifs is 2. The molecule has 0 radical (unpaired) electrons. The van der Waals surface area contributed by atoms with Crippen LogP contribution in [0, 0.1) is 0 Å². The van der Waals surface area contributed by atoms with Gasteiger partial charge in [0.05, 0.1) is 17.7 Å². The number of morpholine rings is 1. The lowest BCUT2D eigenvalue weighted by molar-refractivity contribution is -0.145. The molecule has 0 aliphatic carbocycles. The quantitative estimate of drug-likeness (QED) is 0.719. The minimum absolute atomic E-state index is 0.185. The minimum atomic E-state index is -0.462. The van der Waals surface area contributed by atoms with Crippen LogP contribution in [-0.2, 0) is 9.53 Å². The first-order valence-corrected chi connectivity index (χ1v) is 5.66. The number of amides is 1. The zero-order valence-electron chi connectivity index (χ0n) is 9.75. The molecule has 1 N–H and O–H groups in total. The smallest absolute Gasteiger partial charge is 0.242 e. The predicted molar refractivity (Wildman–Crippen MR) is 57.6 cm³/mol. The molecule has 2 fully saturated rings. The Balaban J connectivity index is 2.03. The van der Waals surface area contributed by atoms with E-state index in [4.69, 9.17) is 4.74 Å². The average Bonchev–Trinajstić information content (AvgIpc) is 2.56. The monoisotopic (exact) mass is 212 g/mol. The Morgan fingerprint density at radius 3 is 2.33 bits per heavy atom. The Kier molecular flexibility index (Phi) is 2.73. The van der Waals surface area contributed by atoms with Crippen LogP contribution in [0.3, 0.4) is 0 Å². The molecule has 2 aliphatic rings. The molecule has 15 heavy (non-hydrogen) atoms. The molecule has 0 aromatic carbocycles. The summed E-state index contributed by atoms with van der Waals surface area (Å²) in [6.45, 7) is 5.38. The molecule has 2 rings (SSSR count). The maximum atomic E-state index is 12.2. The van der Waals surface area contributed by atoms with Crippen molar-refractivity contribution < 1.29 is 9.53 Å². The molecule has 2 bridgehead atoms. The van der Waals surface area contributed by atoms with E-state index in [1.165, 1.54) is 0 Å². The van der Waals surface area contributed by atoms with E-state index in [2.05, 4.69) is 5.32 Å². The Bertz CT molecular complexity index is 253. The second kappa shape index (κ2) is 3.76. The highest BCUT2D eigenvalue weighted by Crippen LogP contribution is 2.27. The summed E-state index contributed by atoms with van der Waals surface area (Å²) in [5, 5.41) is 3.06. The van der Waals surface area contributed by atoms with Crippen molar-refractivity contribution >= 4 is 5.91 Å². The maximum Gasteiger partial charge on any atom is 0.242 e. The lowest BCUT2D eigenvalue weighted by Crippen LogP contribution is -2.57. The van der Waals surface area contributed by atoms with Gasteiger partial charge < -0.3 is 15.0 Å². The van der Waals surface area contributed by atoms with Crippen molar-refractivity contribution in [1.29, 1.82) is 0 Å². The van der Waals surface area contributed by atoms with E-state index in [1.807, 2.05) is 25.8 Å². The summed E-state index contributed by atoms with van der Waals surface area (Å²) in [6.07, 6.45) is 2.77. The van der Waals surface area contributed by atoms with Crippen LogP contribution in [0.2, 0.25) is 0 Å². The average molecular weight is 212 g/mol. The number of rotatable bonds is 2. The molecule has 4 nitrogen and oxygen atoms in total. The molecule has 2 saturated heterocycles. The van der Waals surface area contributed by atoms with Gasteiger partial charge in [0.25, 0.3) is 0 Å². The number of hydrogen-bond acceptors (Lipinski definition) is 3. The van der Waals surface area contributed by atoms with E-state index in [-0.39, 0.29) is 18.1 Å². The third-order valence-corrected chi connectivity index (χ3v) is 3.49. The van der Waals surface area contributed by atoms with Gasteiger partial charge in [-0.3, -0.25) is 4.79 Å². The fourth-order valence-electron chi connectivity index (χ4n) is 2.28. The van der Waals surface area contributed by atoms with E-state index in [0.29, 0.717) is 0 Å². The first-order chi connectivity index (χ1) is 7.03. The Morgan fingerprint density at radius 2 is 1.87 bits per heavy atom. The van der Waals surface area contributed by atoms with E-state index in [0.717, 1.165) is 25.9 Å². The van der Waals surface area contributed by atoms with Crippen LogP contribution in [-0.4, -0.2) is 48.7 Å². The van der Waals surface area contributed by atoms with Gasteiger partial charge in [0.2, 0.25) is 5.91 Å². The summed E-state index contributed by atoms with van der Waals surface area (Å²) < 4.78 is 5.71. The molecular formula is C11H20N2O2. The fourth-order valence-corrected chi connectivity index (χ4v) is 2.28. The summed E-state index contributed by atoms with van der Waals surface area (Å²) in [7, 11) is 1.83. The first-order valence-electron chi connectivity index (χ1n) is 5.66. The van der Waals surface area contributed by atoms with Crippen LogP contribution in [0.25, 0.3) is 0 Å². The summed E-state index contributed by atoms with van der Waals surface area (Å²) in [5.74, 6) is 0.185. The van der Waals surface area contributed by atoms with Gasteiger partial charge in [-0.05, 0) is 33.7 Å². The van der Waals surface area contributed by atoms with Crippen LogP contribution < -0.4 is 5.32 Å². The third kappa shape index (κ3) is 2.01. The van der Waals surface area contributed by atoms with Crippen molar-refractivity contribution in [2.45, 2.75) is 44.4 Å². The molecule has 0 aromatic rings. The van der Waals surface area contributed by atoms with Gasteiger partial charge in [0.15, 0.2) is 0 Å². The van der Waals surface area contributed by atoms with Crippen molar-refractivity contribution in [2.75, 3.05) is 20.1 Å². The van der Waals surface area contributed by atoms with E-state index >= 15 is 0 Å². The van der Waals surface area contributed by atoms with Crippen LogP contribution in [0.15, 0.2) is 0 Å². The molecule has 2 unspecified atom stereocenters. The Hall–Kier alpha value is -0.610. The molecule has 2 atom stereocenters. The summed E-state index contributed by atoms with van der Waals surface area (Å²) in [6, 6.07) is 0. The zero-order valence-corrected chi connectivity index (χ0v) is 9.75. The van der Waals surface area contributed by atoms with Gasteiger partial charge in [-0.15, -0.1) is 0 Å². The zero-order chi connectivity index (χ0) is 11.1. The van der Waals surface area contributed by atoms with Crippen molar-refractivity contribution in [2.24, 2.45) is 0 Å². The van der Waals surface area contributed by atoms with Crippen LogP contribution in [0.4, 0.5) is 0 Å². The highest BCUT2D eigenvalue weighted by atomic mass is 16.5. The minimum Gasteiger partial charge on any atom is -0.371 e. The van der Waals surface area contributed by atoms with Crippen molar-refractivity contribution in [3.63, 3.8) is 0 Å². The highest BCUT2D eigenvalue weighted by molar-refractivity contribution is 5.85. The SMILES string of the molecule is CNC(C)(C)C(=O)N1CC2CCC(C1)O2. The number of likely N-dealkylation sites (N-methyl/N-ethyl adjacent to an activating group) is 1. The maximum absolute atomic E-state index is 12.2. The van der Waals surface area contributed by atoms with Gasteiger partial charge in [-0.2, -0.15) is 0 Å². The summed E-state index contributed by atoms with van der Waals surface area (Å²) in [4.78, 5) is 14.1. The Labute approximate surface area is 91.0 Å². The van der Waals surface area contributed by atoms with Gasteiger partial charge in [0.1, 0.15) is 0 Å². The Morgan fingerprint density at radius 1 is 1.33 bits per heavy atom. The number of ether oxygens (including phenoxy) is 1.